The zero-order valence-corrected chi connectivity index (χ0v) is 14.9. The van der Waals surface area contributed by atoms with E-state index in [1.165, 1.54) is 10.9 Å². The Labute approximate surface area is 145 Å². The van der Waals surface area contributed by atoms with Crippen LogP contribution in [0.3, 0.4) is 0 Å². The number of rotatable bonds is 4. The average molecular weight is 347 g/mol. The third-order valence-corrected chi connectivity index (χ3v) is 5.58. The van der Waals surface area contributed by atoms with Crippen molar-refractivity contribution < 1.29 is 9.18 Å². The number of aryl methyl sites for hydroxylation is 3. The number of carbonyl (C=O) groups excluding carboxylic acids is 1. The van der Waals surface area contributed by atoms with Gasteiger partial charge in [-0.1, -0.05) is 12.1 Å². The molecule has 128 valence electrons. The summed E-state index contributed by atoms with van der Waals surface area (Å²) < 4.78 is 13.8. The molecule has 1 aliphatic rings. The number of benzene rings is 1. The smallest absolute Gasteiger partial charge is 0.223 e. The van der Waals surface area contributed by atoms with Crippen molar-refractivity contribution in [1.29, 1.82) is 0 Å². The summed E-state index contributed by atoms with van der Waals surface area (Å²) in [5, 5.41) is 1.03. The molecule has 24 heavy (non-hydrogen) atoms. The number of para-hydroxylation sites is 1. The first-order valence-corrected chi connectivity index (χ1v) is 9.06. The lowest BCUT2D eigenvalue weighted by molar-refractivity contribution is -0.131. The van der Waals surface area contributed by atoms with Crippen LogP contribution >= 0.6 is 11.3 Å². The molecule has 0 bridgehead atoms. The molecule has 1 aromatic carbocycles. The molecule has 3 rings (SSSR count). The van der Waals surface area contributed by atoms with Gasteiger partial charge in [-0.2, -0.15) is 0 Å². The number of nitrogens with zero attached hydrogens (tertiary/aromatic N) is 3. The van der Waals surface area contributed by atoms with E-state index in [0.29, 0.717) is 44.7 Å². The van der Waals surface area contributed by atoms with Gasteiger partial charge in [0, 0.05) is 43.9 Å². The van der Waals surface area contributed by atoms with E-state index in [9.17, 15) is 9.18 Å². The van der Waals surface area contributed by atoms with E-state index >= 15 is 0 Å². The Morgan fingerprint density at radius 3 is 2.54 bits per heavy atom. The van der Waals surface area contributed by atoms with E-state index in [1.807, 2.05) is 22.8 Å². The van der Waals surface area contributed by atoms with Crippen LogP contribution in [0.5, 0.6) is 0 Å². The Kier molecular flexibility index (Phi) is 5.14. The highest BCUT2D eigenvalue weighted by atomic mass is 32.1. The summed E-state index contributed by atoms with van der Waals surface area (Å²) in [6.45, 7) is 6.68. The standard InChI is InChI=1S/C18H22FN3OS/c1-13-14(2)24-17(20-13)7-8-18(23)22-11-9-21(10-12-22)16-6-4-3-5-15(16)19/h3-6H,7-12H2,1-2H3. The number of carbonyl (C=O) groups is 1. The molecule has 0 spiro atoms. The average Bonchev–Trinajstić information content (AvgIpc) is 2.91. The highest BCUT2D eigenvalue weighted by Gasteiger charge is 2.22. The van der Waals surface area contributed by atoms with Gasteiger partial charge in [-0.05, 0) is 26.0 Å². The maximum atomic E-state index is 13.8. The third-order valence-electron chi connectivity index (χ3n) is 4.45. The van der Waals surface area contributed by atoms with Crippen LogP contribution < -0.4 is 4.90 Å². The number of hydrogen-bond donors (Lipinski definition) is 0. The van der Waals surface area contributed by atoms with Crippen molar-refractivity contribution in [2.45, 2.75) is 26.7 Å². The van der Waals surface area contributed by atoms with Crippen LogP contribution in [0.2, 0.25) is 0 Å². The fraction of sp³-hybridized carbons (Fsp3) is 0.444. The third kappa shape index (κ3) is 3.75. The van der Waals surface area contributed by atoms with Crippen molar-refractivity contribution in [1.82, 2.24) is 9.88 Å². The number of hydrogen-bond acceptors (Lipinski definition) is 4. The fourth-order valence-electron chi connectivity index (χ4n) is 2.92. The van der Waals surface area contributed by atoms with Crippen LogP contribution in [0.4, 0.5) is 10.1 Å². The van der Waals surface area contributed by atoms with E-state index in [1.54, 1.807) is 23.5 Å². The molecule has 0 N–H and O–H groups in total. The molecule has 0 radical (unpaired) electrons. The van der Waals surface area contributed by atoms with Crippen molar-refractivity contribution in [3.63, 3.8) is 0 Å². The Hall–Kier alpha value is -1.95. The van der Waals surface area contributed by atoms with Gasteiger partial charge >= 0.3 is 0 Å². The molecule has 1 aliphatic heterocycles. The van der Waals surface area contributed by atoms with Crippen LogP contribution in [0, 0.1) is 19.7 Å². The van der Waals surface area contributed by atoms with Crippen LogP contribution in [-0.4, -0.2) is 42.0 Å². The summed E-state index contributed by atoms with van der Waals surface area (Å²) in [6.07, 6.45) is 1.19. The van der Waals surface area contributed by atoms with Crippen molar-refractivity contribution in [3.05, 3.63) is 45.7 Å². The molecule has 4 nitrogen and oxygen atoms in total. The number of thiazole rings is 1. The molecule has 1 saturated heterocycles. The van der Waals surface area contributed by atoms with E-state index in [2.05, 4.69) is 11.9 Å². The predicted molar refractivity (Wildman–Crippen MR) is 95.1 cm³/mol. The minimum Gasteiger partial charge on any atom is -0.366 e. The Bertz CT molecular complexity index is 703. The number of aromatic nitrogens is 1. The highest BCUT2D eigenvalue weighted by molar-refractivity contribution is 7.11. The zero-order valence-electron chi connectivity index (χ0n) is 14.1. The van der Waals surface area contributed by atoms with Gasteiger partial charge in [0.05, 0.1) is 16.4 Å². The van der Waals surface area contributed by atoms with Gasteiger partial charge in [-0.3, -0.25) is 4.79 Å². The second-order valence-electron chi connectivity index (χ2n) is 6.07. The monoisotopic (exact) mass is 347 g/mol. The molecule has 1 amide bonds. The summed E-state index contributed by atoms with van der Waals surface area (Å²) in [4.78, 5) is 22.0. The van der Waals surface area contributed by atoms with E-state index in [4.69, 9.17) is 0 Å². The van der Waals surface area contributed by atoms with Gasteiger partial charge in [-0.25, -0.2) is 9.37 Å². The second-order valence-corrected chi connectivity index (χ2v) is 7.36. The first-order valence-electron chi connectivity index (χ1n) is 8.25. The minimum absolute atomic E-state index is 0.161. The maximum absolute atomic E-state index is 13.8. The summed E-state index contributed by atoms with van der Waals surface area (Å²) in [5.41, 5.74) is 1.68. The first kappa shape index (κ1) is 16.9. The lowest BCUT2D eigenvalue weighted by Gasteiger charge is -2.36. The molecule has 0 atom stereocenters. The molecule has 1 aromatic heterocycles. The molecule has 2 aromatic rings. The lowest BCUT2D eigenvalue weighted by Crippen LogP contribution is -2.49. The van der Waals surface area contributed by atoms with Crippen molar-refractivity contribution in [2.24, 2.45) is 0 Å². The summed E-state index contributed by atoms with van der Waals surface area (Å²) in [6, 6.07) is 6.80. The Morgan fingerprint density at radius 2 is 1.92 bits per heavy atom. The van der Waals surface area contributed by atoms with E-state index in [-0.39, 0.29) is 11.7 Å². The van der Waals surface area contributed by atoms with Crippen molar-refractivity contribution in [3.8, 4) is 0 Å². The van der Waals surface area contributed by atoms with Gasteiger partial charge in [-0.15, -0.1) is 11.3 Å². The summed E-state index contributed by atoms with van der Waals surface area (Å²) in [5.74, 6) is -0.0412. The molecule has 0 unspecified atom stereocenters. The van der Waals surface area contributed by atoms with Gasteiger partial charge in [0.15, 0.2) is 0 Å². The molecular formula is C18H22FN3OS. The summed E-state index contributed by atoms with van der Waals surface area (Å²) in [7, 11) is 0. The van der Waals surface area contributed by atoms with Gasteiger partial charge in [0.1, 0.15) is 5.82 Å². The quantitative estimate of drug-likeness (QED) is 0.852. The normalized spacial score (nSPS) is 15.0. The Balaban J connectivity index is 1.51. The SMILES string of the molecule is Cc1nc(CCC(=O)N2CCN(c3ccccc3F)CC2)sc1C. The van der Waals surface area contributed by atoms with Crippen LogP contribution in [0.15, 0.2) is 24.3 Å². The van der Waals surface area contributed by atoms with Gasteiger partial charge < -0.3 is 9.80 Å². The minimum atomic E-state index is -0.202. The van der Waals surface area contributed by atoms with Crippen LogP contribution in [0.25, 0.3) is 0 Å². The molecule has 6 heteroatoms. The van der Waals surface area contributed by atoms with E-state index in [0.717, 1.165) is 10.7 Å². The topological polar surface area (TPSA) is 36.4 Å². The fourth-order valence-corrected chi connectivity index (χ4v) is 3.86. The highest BCUT2D eigenvalue weighted by Crippen LogP contribution is 2.21. The largest absolute Gasteiger partial charge is 0.366 e. The van der Waals surface area contributed by atoms with Crippen molar-refractivity contribution >= 4 is 22.9 Å². The second kappa shape index (κ2) is 7.30. The van der Waals surface area contributed by atoms with Crippen LogP contribution in [-0.2, 0) is 11.2 Å². The van der Waals surface area contributed by atoms with Gasteiger partial charge in [0.2, 0.25) is 5.91 Å². The molecule has 0 aliphatic carbocycles. The Morgan fingerprint density at radius 1 is 1.21 bits per heavy atom. The molecule has 2 heterocycles. The number of piperazine rings is 1. The zero-order chi connectivity index (χ0) is 17.1. The van der Waals surface area contributed by atoms with Crippen LogP contribution in [0.1, 0.15) is 22.0 Å². The lowest BCUT2D eigenvalue weighted by atomic mass is 10.2. The predicted octanol–water partition coefficient (Wildman–Crippen LogP) is 3.18. The molecule has 1 fully saturated rings. The number of halogens is 1. The molecular weight excluding hydrogens is 325 g/mol. The van der Waals surface area contributed by atoms with Crippen molar-refractivity contribution in [2.75, 3.05) is 31.1 Å². The first-order chi connectivity index (χ1) is 11.5. The maximum Gasteiger partial charge on any atom is 0.223 e. The molecule has 0 saturated carbocycles. The summed E-state index contributed by atoms with van der Waals surface area (Å²) >= 11 is 1.67. The number of anilines is 1. The van der Waals surface area contributed by atoms with Gasteiger partial charge in [0.25, 0.3) is 0 Å². The van der Waals surface area contributed by atoms with E-state index < -0.39 is 0 Å². The number of amides is 1.